The Morgan fingerprint density at radius 2 is 1.96 bits per heavy atom. The Bertz CT molecular complexity index is 909. The minimum atomic E-state index is -3.06. The molecule has 0 unspecified atom stereocenters. The van der Waals surface area contributed by atoms with Crippen LogP contribution in [0.25, 0.3) is 0 Å². The van der Waals surface area contributed by atoms with Crippen molar-refractivity contribution in [3.05, 3.63) is 35.4 Å². The van der Waals surface area contributed by atoms with Crippen molar-refractivity contribution in [3.63, 3.8) is 0 Å². The minimum absolute atomic E-state index is 0.0260. The zero-order chi connectivity index (χ0) is 20.1. The van der Waals surface area contributed by atoms with E-state index in [0.29, 0.717) is 13.0 Å². The fourth-order valence-electron chi connectivity index (χ4n) is 4.93. The molecule has 3 atom stereocenters. The standard InChI is InChI=1S/C21H28N2O4S/c1-21(2)9-7-18(16-5-3-4-6-17(16)21)22-20(25)14-11-19(24)23(12-14)15-8-10-28(26,27)13-15/h3-6,14-15,18H,7-13H2,1-2H3,(H,22,25)/t14-,15+,18-/m0/s1. The molecule has 1 aromatic carbocycles. The first-order chi connectivity index (χ1) is 13.2. The van der Waals surface area contributed by atoms with E-state index in [2.05, 4.69) is 31.3 Å². The largest absolute Gasteiger partial charge is 0.349 e. The number of hydrogen-bond acceptors (Lipinski definition) is 4. The SMILES string of the molecule is CC1(C)CC[C@H](NC(=O)[C@H]2CC(=O)N([C@@H]3CCS(=O)(=O)C3)C2)c2ccccc21. The molecule has 2 aliphatic heterocycles. The summed E-state index contributed by atoms with van der Waals surface area (Å²) in [6.45, 7) is 4.78. The molecule has 28 heavy (non-hydrogen) atoms. The molecule has 0 spiro atoms. The van der Waals surface area contributed by atoms with E-state index < -0.39 is 15.8 Å². The minimum Gasteiger partial charge on any atom is -0.349 e. The van der Waals surface area contributed by atoms with E-state index in [1.807, 2.05) is 12.1 Å². The number of nitrogens with one attached hydrogen (secondary N) is 1. The van der Waals surface area contributed by atoms with Gasteiger partial charge >= 0.3 is 0 Å². The first kappa shape index (κ1) is 19.4. The number of sulfone groups is 1. The highest BCUT2D eigenvalue weighted by molar-refractivity contribution is 7.91. The summed E-state index contributed by atoms with van der Waals surface area (Å²) in [6.07, 6.45) is 2.52. The van der Waals surface area contributed by atoms with Crippen LogP contribution in [-0.2, 0) is 24.8 Å². The van der Waals surface area contributed by atoms with Crippen molar-refractivity contribution in [2.75, 3.05) is 18.1 Å². The van der Waals surface area contributed by atoms with Crippen molar-refractivity contribution >= 4 is 21.7 Å². The lowest BCUT2D eigenvalue weighted by Crippen LogP contribution is -2.41. The lowest BCUT2D eigenvalue weighted by molar-refractivity contribution is -0.130. The number of amides is 2. The monoisotopic (exact) mass is 404 g/mol. The summed E-state index contributed by atoms with van der Waals surface area (Å²) in [7, 11) is -3.06. The van der Waals surface area contributed by atoms with Crippen molar-refractivity contribution in [1.82, 2.24) is 10.2 Å². The number of nitrogens with zero attached hydrogens (tertiary/aromatic N) is 1. The normalized spacial score (nSPS) is 30.9. The van der Waals surface area contributed by atoms with Crippen LogP contribution in [0.15, 0.2) is 24.3 Å². The van der Waals surface area contributed by atoms with Crippen molar-refractivity contribution in [3.8, 4) is 0 Å². The number of hydrogen-bond donors (Lipinski definition) is 1. The van der Waals surface area contributed by atoms with E-state index in [-0.39, 0.29) is 47.2 Å². The Balaban J connectivity index is 1.44. The van der Waals surface area contributed by atoms with Crippen LogP contribution in [0.5, 0.6) is 0 Å². The summed E-state index contributed by atoms with van der Waals surface area (Å²) in [5.74, 6) is -0.452. The molecular formula is C21H28N2O4S. The van der Waals surface area contributed by atoms with Crippen molar-refractivity contribution in [2.24, 2.45) is 5.92 Å². The first-order valence-electron chi connectivity index (χ1n) is 10.1. The van der Waals surface area contributed by atoms with Gasteiger partial charge < -0.3 is 10.2 Å². The van der Waals surface area contributed by atoms with E-state index in [4.69, 9.17) is 0 Å². The van der Waals surface area contributed by atoms with Crippen LogP contribution in [-0.4, -0.2) is 49.2 Å². The Morgan fingerprint density at radius 3 is 2.68 bits per heavy atom. The van der Waals surface area contributed by atoms with E-state index in [1.165, 1.54) is 5.56 Å². The van der Waals surface area contributed by atoms with Crippen LogP contribution in [0.2, 0.25) is 0 Å². The lowest BCUT2D eigenvalue weighted by atomic mass is 9.71. The molecule has 2 fully saturated rings. The van der Waals surface area contributed by atoms with Crippen molar-refractivity contribution < 1.29 is 18.0 Å². The molecule has 3 aliphatic rings. The molecule has 2 heterocycles. The Labute approximate surface area is 166 Å². The molecule has 7 heteroatoms. The van der Waals surface area contributed by atoms with Gasteiger partial charge in [-0.1, -0.05) is 38.1 Å². The number of rotatable bonds is 3. The molecular weight excluding hydrogens is 376 g/mol. The second-order valence-electron chi connectivity index (χ2n) is 9.07. The van der Waals surface area contributed by atoms with Gasteiger partial charge in [0.2, 0.25) is 11.8 Å². The predicted octanol–water partition coefficient (Wildman–Crippen LogP) is 1.95. The number of likely N-dealkylation sites (tertiary alicyclic amines) is 1. The predicted molar refractivity (Wildman–Crippen MR) is 106 cm³/mol. The third-order valence-electron chi connectivity index (χ3n) is 6.62. The van der Waals surface area contributed by atoms with Gasteiger partial charge in [-0.25, -0.2) is 8.42 Å². The summed E-state index contributed by atoms with van der Waals surface area (Å²) in [5, 5.41) is 3.17. The molecule has 0 aromatic heterocycles. The zero-order valence-corrected chi connectivity index (χ0v) is 17.3. The maximum Gasteiger partial charge on any atom is 0.225 e. The van der Waals surface area contributed by atoms with Crippen LogP contribution in [0.3, 0.4) is 0 Å². The van der Waals surface area contributed by atoms with E-state index in [0.717, 1.165) is 18.4 Å². The quantitative estimate of drug-likeness (QED) is 0.835. The Hall–Kier alpha value is -1.89. The summed E-state index contributed by atoms with van der Waals surface area (Å²) >= 11 is 0. The van der Waals surface area contributed by atoms with Crippen molar-refractivity contribution in [1.29, 1.82) is 0 Å². The second-order valence-corrected chi connectivity index (χ2v) is 11.3. The molecule has 0 saturated carbocycles. The fourth-order valence-corrected chi connectivity index (χ4v) is 6.66. The van der Waals surface area contributed by atoms with Gasteiger partial charge in [0.25, 0.3) is 0 Å². The zero-order valence-electron chi connectivity index (χ0n) is 16.5. The van der Waals surface area contributed by atoms with Crippen LogP contribution >= 0.6 is 0 Å². The molecule has 0 radical (unpaired) electrons. The molecule has 2 amide bonds. The van der Waals surface area contributed by atoms with E-state index in [9.17, 15) is 18.0 Å². The summed E-state index contributed by atoms with van der Waals surface area (Å²) in [5.41, 5.74) is 2.52. The number of carbonyl (C=O) groups is 2. The molecule has 152 valence electrons. The van der Waals surface area contributed by atoms with E-state index >= 15 is 0 Å². The average molecular weight is 405 g/mol. The maximum atomic E-state index is 12.9. The highest BCUT2D eigenvalue weighted by Gasteiger charge is 2.42. The van der Waals surface area contributed by atoms with Crippen LogP contribution in [0.1, 0.15) is 56.7 Å². The van der Waals surface area contributed by atoms with Gasteiger partial charge in [0.1, 0.15) is 0 Å². The van der Waals surface area contributed by atoms with Gasteiger partial charge in [-0.3, -0.25) is 9.59 Å². The van der Waals surface area contributed by atoms with Gasteiger partial charge in [-0.2, -0.15) is 0 Å². The van der Waals surface area contributed by atoms with Crippen LogP contribution < -0.4 is 5.32 Å². The van der Waals surface area contributed by atoms with Gasteiger partial charge in [0.05, 0.1) is 23.5 Å². The van der Waals surface area contributed by atoms with Gasteiger partial charge in [0, 0.05) is 19.0 Å². The topological polar surface area (TPSA) is 83.6 Å². The molecule has 1 aliphatic carbocycles. The molecule has 2 saturated heterocycles. The van der Waals surface area contributed by atoms with Crippen LogP contribution in [0.4, 0.5) is 0 Å². The summed E-state index contributed by atoms with van der Waals surface area (Å²) in [6, 6.07) is 7.94. The highest BCUT2D eigenvalue weighted by Crippen LogP contribution is 2.41. The highest BCUT2D eigenvalue weighted by atomic mass is 32.2. The lowest BCUT2D eigenvalue weighted by Gasteiger charge is -2.37. The number of carbonyl (C=O) groups excluding carboxylic acids is 2. The number of fused-ring (bicyclic) bond motifs is 1. The molecule has 1 aromatic rings. The Morgan fingerprint density at radius 1 is 1.21 bits per heavy atom. The first-order valence-corrected chi connectivity index (χ1v) is 11.9. The van der Waals surface area contributed by atoms with Crippen LogP contribution in [0, 0.1) is 5.92 Å². The summed E-state index contributed by atoms with van der Waals surface area (Å²) < 4.78 is 23.5. The third kappa shape index (κ3) is 3.56. The second kappa shape index (κ2) is 6.87. The van der Waals surface area contributed by atoms with Gasteiger partial charge in [-0.05, 0) is 35.8 Å². The van der Waals surface area contributed by atoms with Gasteiger partial charge in [0.15, 0.2) is 9.84 Å². The molecule has 0 bridgehead atoms. The Kier molecular flexibility index (Phi) is 4.76. The molecule has 6 nitrogen and oxygen atoms in total. The third-order valence-corrected chi connectivity index (χ3v) is 8.37. The van der Waals surface area contributed by atoms with Crippen molar-refractivity contribution in [2.45, 2.75) is 57.0 Å². The smallest absolute Gasteiger partial charge is 0.225 e. The van der Waals surface area contributed by atoms with E-state index in [1.54, 1.807) is 4.90 Å². The molecule has 1 N–H and O–H groups in total. The summed E-state index contributed by atoms with van der Waals surface area (Å²) in [4.78, 5) is 26.9. The maximum absolute atomic E-state index is 12.9. The average Bonchev–Trinajstić information content (AvgIpc) is 3.20. The molecule has 4 rings (SSSR count). The van der Waals surface area contributed by atoms with Gasteiger partial charge in [-0.15, -0.1) is 0 Å². The number of benzene rings is 1. The fraction of sp³-hybridized carbons (Fsp3) is 0.619.